The number of unbranched alkanes of at least 4 members (excludes halogenated alkanes) is 1. The zero-order valence-electron chi connectivity index (χ0n) is 13.7. The number of hydrogen-bond donors (Lipinski definition) is 0. The van der Waals surface area contributed by atoms with Crippen molar-refractivity contribution in [3.8, 4) is 0 Å². The van der Waals surface area contributed by atoms with Gasteiger partial charge in [-0.2, -0.15) is 0 Å². The summed E-state index contributed by atoms with van der Waals surface area (Å²) in [5.74, 6) is -1.50. The fourth-order valence-corrected chi connectivity index (χ4v) is 2.26. The van der Waals surface area contributed by atoms with E-state index in [1.165, 1.54) is 0 Å². The molecule has 7 nitrogen and oxygen atoms in total. The molecule has 1 aliphatic heterocycles. The summed E-state index contributed by atoms with van der Waals surface area (Å²) in [5.41, 5.74) is 0. The third kappa shape index (κ3) is 8.56. The van der Waals surface area contributed by atoms with Crippen LogP contribution >= 0.6 is 0 Å². The van der Waals surface area contributed by atoms with Crippen molar-refractivity contribution < 1.29 is 28.7 Å². The van der Waals surface area contributed by atoms with E-state index in [1.54, 1.807) is 6.92 Å². The quantitative estimate of drug-likeness (QED) is 0.237. The fraction of sp³-hybridized carbons (Fsp3) is 0.750. The highest BCUT2D eigenvalue weighted by molar-refractivity contribution is 6.37. The minimum atomic E-state index is -0.519. The highest BCUT2D eigenvalue weighted by Gasteiger charge is 2.19. The third-order valence-corrected chi connectivity index (χ3v) is 3.54. The average Bonchev–Trinajstić information content (AvgIpc) is 2.52. The van der Waals surface area contributed by atoms with Gasteiger partial charge in [-0.3, -0.25) is 24.1 Å². The first-order valence-corrected chi connectivity index (χ1v) is 8.06. The Kier molecular flexibility index (Phi) is 9.31. The van der Waals surface area contributed by atoms with Gasteiger partial charge in [0.15, 0.2) is 5.78 Å². The van der Waals surface area contributed by atoms with Gasteiger partial charge in [0, 0.05) is 25.9 Å². The number of Topliss-reactive ketones (excluding diaryl/α,β-unsaturated/α-hetero) is 3. The monoisotopic (exact) mass is 327 g/mol. The van der Waals surface area contributed by atoms with E-state index in [-0.39, 0.29) is 44.0 Å². The van der Waals surface area contributed by atoms with Crippen molar-refractivity contribution in [1.82, 2.24) is 4.90 Å². The zero-order valence-corrected chi connectivity index (χ0v) is 13.7. The van der Waals surface area contributed by atoms with E-state index >= 15 is 0 Å². The van der Waals surface area contributed by atoms with Crippen LogP contribution in [0.4, 0.5) is 0 Å². The van der Waals surface area contributed by atoms with Gasteiger partial charge >= 0.3 is 5.97 Å². The second-order valence-electron chi connectivity index (χ2n) is 5.46. The van der Waals surface area contributed by atoms with Crippen molar-refractivity contribution in [2.45, 2.75) is 39.0 Å². The molecule has 0 aliphatic carbocycles. The molecule has 0 aromatic rings. The maximum Gasteiger partial charge on any atom is 0.313 e. The molecule has 0 amide bonds. The maximum absolute atomic E-state index is 11.8. The smallest absolute Gasteiger partial charge is 0.313 e. The summed E-state index contributed by atoms with van der Waals surface area (Å²) in [6, 6.07) is 0. The van der Waals surface area contributed by atoms with Crippen LogP contribution in [0, 0.1) is 0 Å². The second-order valence-corrected chi connectivity index (χ2v) is 5.46. The fourth-order valence-electron chi connectivity index (χ4n) is 2.26. The first-order valence-electron chi connectivity index (χ1n) is 8.06. The van der Waals surface area contributed by atoms with E-state index in [1.807, 2.05) is 4.90 Å². The predicted octanol–water partition coefficient (Wildman–Crippen LogP) is 0.540. The first-order chi connectivity index (χ1) is 11.0. The van der Waals surface area contributed by atoms with E-state index in [9.17, 15) is 19.2 Å². The van der Waals surface area contributed by atoms with Crippen LogP contribution in [0.1, 0.15) is 39.0 Å². The van der Waals surface area contributed by atoms with E-state index in [0.717, 1.165) is 0 Å². The molecular weight excluding hydrogens is 302 g/mol. The van der Waals surface area contributed by atoms with Gasteiger partial charge in [-0.05, 0) is 19.8 Å². The lowest BCUT2D eigenvalue weighted by Gasteiger charge is -2.25. The van der Waals surface area contributed by atoms with Crippen LogP contribution in [0.3, 0.4) is 0 Å². The number of hydrogen-bond acceptors (Lipinski definition) is 7. The van der Waals surface area contributed by atoms with Crippen LogP contribution in [-0.4, -0.2) is 67.7 Å². The highest BCUT2D eigenvalue weighted by atomic mass is 16.5. The Morgan fingerprint density at radius 1 is 1.00 bits per heavy atom. The zero-order chi connectivity index (χ0) is 17.1. The van der Waals surface area contributed by atoms with Crippen LogP contribution in [0.2, 0.25) is 0 Å². The summed E-state index contributed by atoms with van der Waals surface area (Å²) in [6.07, 6.45) is 1.12. The highest BCUT2D eigenvalue weighted by Crippen LogP contribution is 2.05. The Balaban J connectivity index is 2.12. The van der Waals surface area contributed by atoms with Gasteiger partial charge in [-0.15, -0.1) is 0 Å². The summed E-state index contributed by atoms with van der Waals surface area (Å²) in [5, 5.41) is 0. The number of carbonyl (C=O) groups is 4. The van der Waals surface area contributed by atoms with Gasteiger partial charge < -0.3 is 9.47 Å². The third-order valence-electron chi connectivity index (χ3n) is 3.54. The molecule has 7 heteroatoms. The standard InChI is InChI=1S/C16H25NO6/c1-2-23-16(21)11-13(18)5-3-4-6-14(19)15(20)12-17-7-9-22-10-8-17/h2-12H2,1H3. The number of ketones is 3. The Morgan fingerprint density at radius 2 is 1.65 bits per heavy atom. The van der Waals surface area contributed by atoms with Crippen LogP contribution in [0.25, 0.3) is 0 Å². The van der Waals surface area contributed by atoms with Crippen LogP contribution in [-0.2, 0) is 28.7 Å². The Labute approximate surface area is 136 Å². The van der Waals surface area contributed by atoms with Crippen LogP contribution in [0.5, 0.6) is 0 Å². The molecule has 1 saturated heterocycles. The molecule has 0 N–H and O–H groups in total. The van der Waals surface area contributed by atoms with Crippen molar-refractivity contribution in [3.05, 3.63) is 0 Å². The summed E-state index contributed by atoms with van der Waals surface area (Å²) in [6.45, 7) is 4.59. The Hall–Kier alpha value is -1.60. The Bertz CT molecular complexity index is 428. The number of nitrogens with zero attached hydrogens (tertiary/aromatic N) is 1. The second kappa shape index (κ2) is 11.0. The van der Waals surface area contributed by atoms with E-state index in [4.69, 9.17) is 4.74 Å². The van der Waals surface area contributed by atoms with Crippen molar-refractivity contribution in [1.29, 1.82) is 0 Å². The van der Waals surface area contributed by atoms with Gasteiger partial charge in [0.2, 0.25) is 5.78 Å². The van der Waals surface area contributed by atoms with Gasteiger partial charge in [0.05, 0.1) is 26.4 Å². The minimum Gasteiger partial charge on any atom is -0.466 e. The summed E-state index contributed by atoms with van der Waals surface area (Å²) >= 11 is 0. The lowest BCUT2D eigenvalue weighted by Crippen LogP contribution is -2.41. The molecule has 1 aliphatic rings. The minimum absolute atomic E-state index is 0.143. The lowest BCUT2D eigenvalue weighted by atomic mass is 10.1. The van der Waals surface area contributed by atoms with E-state index in [0.29, 0.717) is 39.1 Å². The topological polar surface area (TPSA) is 90.0 Å². The van der Waals surface area contributed by atoms with Gasteiger partial charge in [-0.1, -0.05) is 0 Å². The average molecular weight is 327 g/mol. The number of morpholine rings is 1. The maximum atomic E-state index is 11.8. The number of rotatable bonds is 11. The lowest BCUT2D eigenvalue weighted by molar-refractivity contribution is -0.145. The molecule has 0 bridgehead atoms. The van der Waals surface area contributed by atoms with Crippen LogP contribution in [0.15, 0.2) is 0 Å². The van der Waals surface area contributed by atoms with Crippen molar-refractivity contribution in [2.75, 3.05) is 39.5 Å². The van der Waals surface area contributed by atoms with Crippen LogP contribution < -0.4 is 0 Å². The summed E-state index contributed by atoms with van der Waals surface area (Å²) < 4.78 is 9.87. The molecule has 0 radical (unpaired) electrons. The largest absolute Gasteiger partial charge is 0.466 e. The summed E-state index contributed by atoms with van der Waals surface area (Å²) in [7, 11) is 0. The molecule has 1 rings (SSSR count). The van der Waals surface area contributed by atoms with Gasteiger partial charge in [-0.25, -0.2) is 0 Å². The molecule has 0 saturated carbocycles. The Morgan fingerprint density at radius 3 is 2.30 bits per heavy atom. The molecule has 130 valence electrons. The van der Waals surface area contributed by atoms with Crippen molar-refractivity contribution >= 4 is 23.3 Å². The first kappa shape index (κ1) is 19.4. The molecule has 1 fully saturated rings. The number of carbonyl (C=O) groups excluding carboxylic acids is 4. The molecular formula is C16H25NO6. The van der Waals surface area contributed by atoms with E-state index < -0.39 is 11.8 Å². The predicted molar refractivity (Wildman–Crippen MR) is 82.0 cm³/mol. The number of esters is 1. The molecule has 0 atom stereocenters. The van der Waals surface area contributed by atoms with Gasteiger partial charge in [0.1, 0.15) is 12.2 Å². The molecule has 0 spiro atoms. The van der Waals surface area contributed by atoms with Crippen molar-refractivity contribution in [2.24, 2.45) is 0 Å². The SMILES string of the molecule is CCOC(=O)CC(=O)CCCCC(=O)C(=O)CN1CCOCC1. The summed E-state index contributed by atoms with van der Waals surface area (Å²) in [4.78, 5) is 48.1. The molecule has 0 aromatic carbocycles. The van der Waals surface area contributed by atoms with Gasteiger partial charge in [0.25, 0.3) is 0 Å². The normalized spacial score (nSPS) is 15.2. The van der Waals surface area contributed by atoms with Crippen molar-refractivity contribution in [3.63, 3.8) is 0 Å². The molecule has 23 heavy (non-hydrogen) atoms. The molecule has 1 heterocycles. The number of ether oxygens (including phenoxy) is 2. The molecule has 0 aromatic heterocycles. The van der Waals surface area contributed by atoms with E-state index in [2.05, 4.69) is 4.74 Å². The molecule has 0 unspecified atom stereocenters.